The number of nitrogen functional groups attached to an aromatic ring is 1. The number of fused-ring (bicyclic) bond motifs is 1. The Labute approximate surface area is 128 Å². The fourth-order valence-corrected chi connectivity index (χ4v) is 2.83. The van der Waals surface area contributed by atoms with E-state index in [9.17, 15) is 8.78 Å². The van der Waals surface area contributed by atoms with E-state index in [4.69, 9.17) is 5.73 Å². The molecule has 2 N–H and O–H groups in total. The van der Waals surface area contributed by atoms with Crippen LogP contribution in [-0.4, -0.2) is 9.55 Å². The van der Waals surface area contributed by atoms with Gasteiger partial charge in [0, 0.05) is 4.47 Å². The molecule has 0 radical (unpaired) electrons. The summed E-state index contributed by atoms with van der Waals surface area (Å²) in [4.78, 5) is 4.11. The van der Waals surface area contributed by atoms with Crippen LogP contribution in [0.25, 0.3) is 16.7 Å². The Hall–Kier alpha value is -1.95. The summed E-state index contributed by atoms with van der Waals surface area (Å²) >= 11 is 3.40. The lowest BCUT2D eigenvalue weighted by molar-refractivity contribution is 0.514. The molecule has 0 saturated heterocycles. The Balaban J connectivity index is 2.40. The van der Waals surface area contributed by atoms with Crippen LogP contribution in [-0.2, 0) is 6.42 Å². The van der Waals surface area contributed by atoms with Gasteiger partial charge in [0.05, 0.1) is 11.2 Å². The van der Waals surface area contributed by atoms with Gasteiger partial charge < -0.3 is 5.73 Å². The first-order valence-corrected chi connectivity index (χ1v) is 7.23. The van der Waals surface area contributed by atoms with Crippen molar-refractivity contribution in [3.63, 3.8) is 0 Å². The van der Waals surface area contributed by atoms with Crippen LogP contribution in [0.15, 0.2) is 34.8 Å². The predicted octanol–water partition coefficient (Wildman–Crippen LogP) is 4.21. The van der Waals surface area contributed by atoms with Crippen molar-refractivity contribution in [2.45, 2.75) is 13.3 Å². The number of aryl methyl sites for hydroxylation is 1. The van der Waals surface area contributed by atoms with E-state index in [0.29, 0.717) is 11.2 Å². The molecule has 0 bridgehead atoms. The zero-order valence-electron chi connectivity index (χ0n) is 11.2. The molecule has 0 aliphatic carbocycles. The Morgan fingerprint density at radius 3 is 2.71 bits per heavy atom. The molecule has 1 heterocycles. The molecular formula is C15H12BrF2N3. The van der Waals surface area contributed by atoms with Crippen molar-refractivity contribution in [3.8, 4) is 5.69 Å². The predicted molar refractivity (Wildman–Crippen MR) is 82.5 cm³/mol. The van der Waals surface area contributed by atoms with Crippen LogP contribution in [0.4, 0.5) is 14.7 Å². The van der Waals surface area contributed by atoms with Crippen LogP contribution in [0.3, 0.4) is 0 Å². The summed E-state index contributed by atoms with van der Waals surface area (Å²) in [5, 5.41) is 0. The summed E-state index contributed by atoms with van der Waals surface area (Å²) in [7, 11) is 0. The fraction of sp³-hybridized carbons (Fsp3) is 0.133. The summed E-state index contributed by atoms with van der Waals surface area (Å²) in [5.41, 5.74) is 7.96. The van der Waals surface area contributed by atoms with E-state index in [1.165, 1.54) is 10.6 Å². The first-order valence-electron chi connectivity index (χ1n) is 6.43. The molecule has 0 unspecified atom stereocenters. The second kappa shape index (κ2) is 5.11. The zero-order valence-corrected chi connectivity index (χ0v) is 12.8. The van der Waals surface area contributed by atoms with Crippen LogP contribution in [0.1, 0.15) is 12.5 Å². The summed E-state index contributed by atoms with van der Waals surface area (Å²) < 4.78 is 30.1. The molecular weight excluding hydrogens is 340 g/mol. The van der Waals surface area contributed by atoms with E-state index in [1.54, 1.807) is 0 Å². The summed E-state index contributed by atoms with van der Waals surface area (Å²) in [6.07, 6.45) is 0.727. The zero-order chi connectivity index (χ0) is 15.1. The molecule has 21 heavy (non-hydrogen) atoms. The Morgan fingerprint density at radius 1 is 1.24 bits per heavy atom. The topological polar surface area (TPSA) is 43.8 Å². The molecule has 0 spiro atoms. The number of hydrogen-bond donors (Lipinski definition) is 1. The van der Waals surface area contributed by atoms with Crippen LogP contribution in [0, 0.1) is 11.6 Å². The number of rotatable bonds is 2. The highest BCUT2D eigenvalue weighted by Gasteiger charge is 2.18. The number of benzene rings is 2. The molecule has 0 atom stereocenters. The summed E-state index contributed by atoms with van der Waals surface area (Å²) in [6.45, 7) is 1.98. The molecule has 3 nitrogen and oxygen atoms in total. The molecule has 1 aromatic heterocycles. The van der Waals surface area contributed by atoms with Gasteiger partial charge in [0.25, 0.3) is 0 Å². The van der Waals surface area contributed by atoms with Crippen molar-refractivity contribution in [1.29, 1.82) is 0 Å². The van der Waals surface area contributed by atoms with Crippen molar-refractivity contribution in [3.05, 3.63) is 52.0 Å². The molecule has 0 amide bonds. The van der Waals surface area contributed by atoms with Gasteiger partial charge in [-0.2, -0.15) is 0 Å². The number of anilines is 1. The van der Waals surface area contributed by atoms with E-state index in [2.05, 4.69) is 20.9 Å². The maximum absolute atomic E-state index is 14.2. The number of nitrogens with zero attached hydrogens (tertiary/aromatic N) is 2. The first-order chi connectivity index (χ1) is 10.0. The maximum Gasteiger partial charge on any atom is 0.206 e. The van der Waals surface area contributed by atoms with Gasteiger partial charge in [-0.3, -0.25) is 4.57 Å². The number of aromatic nitrogens is 2. The van der Waals surface area contributed by atoms with E-state index in [-0.39, 0.29) is 11.5 Å². The molecule has 0 saturated carbocycles. The highest BCUT2D eigenvalue weighted by atomic mass is 79.9. The number of hydrogen-bond acceptors (Lipinski definition) is 2. The molecule has 0 aliphatic heterocycles. The lowest BCUT2D eigenvalue weighted by Crippen LogP contribution is -2.05. The van der Waals surface area contributed by atoms with Crippen molar-refractivity contribution in [2.75, 3.05) is 5.73 Å². The normalized spacial score (nSPS) is 11.2. The standard InChI is InChI=1S/C15H12BrF2N3/c1-2-8-7-9(16)3-6-12(8)21-14-11(20-15(21)19)5-4-10(17)13(14)18/h3-7H,2H2,1H3,(H2,19,20). The van der Waals surface area contributed by atoms with E-state index < -0.39 is 11.6 Å². The smallest absolute Gasteiger partial charge is 0.206 e. The highest BCUT2D eigenvalue weighted by molar-refractivity contribution is 9.10. The quantitative estimate of drug-likeness (QED) is 0.751. The van der Waals surface area contributed by atoms with Gasteiger partial charge in [-0.1, -0.05) is 22.9 Å². The second-order valence-electron chi connectivity index (χ2n) is 4.66. The van der Waals surface area contributed by atoms with Gasteiger partial charge in [0.2, 0.25) is 5.95 Å². The molecule has 3 aromatic rings. The first kappa shape index (κ1) is 14.0. The van der Waals surface area contributed by atoms with Crippen LogP contribution in [0.2, 0.25) is 0 Å². The van der Waals surface area contributed by atoms with Gasteiger partial charge in [0.1, 0.15) is 5.52 Å². The summed E-state index contributed by atoms with van der Waals surface area (Å²) in [5.74, 6) is -1.73. The molecule has 108 valence electrons. The fourth-order valence-electron chi connectivity index (χ4n) is 2.42. The Bertz CT molecular complexity index is 843. The van der Waals surface area contributed by atoms with Crippen LogP contribution < -0.4 is 5.73 Å². The summed E-state index contributed by atoms with van der Waals surface area (Å²) in [6, 6.07) is 8.04. The van der Waals surface area contributed by atoms with Gasteiger partial charge in [-0.25, -0.2) is 13.8 Å². The number of nitrogens with two attached hydrogens (primary N) is 1. The SMILES string of the molecule is CCc1cc(Br)ccc1-n1c(N)nc2ccc(F)c(F)c21. The Morgan fingerprint density at radius 2 is 2.00 bits per heavy atom. The number of halogens is 3. The van der Waals surface area contributed by atoms with Crippen molar-refractivity contribution in [2.24, 2.45) is 0 Å². The minimum Gasteiger partial charge on any atom is -0.369 e. The van der Waals surface area contributed by atoms with Crippen LogP contribution in [0.5, 0.6) is 0 Å². The average Bonchev–Trinajstić information content (AvgIpc) is 2.80. The van der Waals surface area contributed by atoms with E-state index >= 15 is 0 Å². The van der Waals surface area contributed by atoms with Gasteiger partial charge in [-0.15, -0.1) is 0 Å². The minimum absolute atomic E-state index is 0.0597. The third kappa shape index (κ3) is 2.19. The number of imidazole rings is 1. The lowest BCUT2D eigenvalue weighted by atomic mass is 10.1. The Kier molecular flexibility index (Phi) is 3.41. The van der Waals surface area contributed by atoms with Crippen molar-refractivity contribution < 1.29 is 8.78 Å². The highest BCUT2D eigenvalue weighted by Crippen LogP contribution is 2.30. The minimum atomic E-state index is -0.943. The largest absolute Gasteiger partial charge is 0.369 e. The lowest BCUT2D eigenvalue weighted by Gasteiger charge is -2.12. The molecule has 3 rings (SSSR count). The molecule has 0 fully saturated rings. The molecule has 2 aromatic carbocycles. The van der Waals surface area contributed by atoms with E-state index in [1.807, 2.05) is 25.1 Å². The average molecular weight is 352 g/mol. The van der Waals surface area contributed by atoms with Gasteiger partial charge >= 0.3 is 0 Å². The van der Waals surface area contributed by atoms with Crippen molar-refractivity contribution in [1.82, 2.24) is 9.55 Å². The second-order valence-corrected chi connectivity index (χ2v) is 5.58. The monoisotopic (exact) mass is 351 g/mol. The van der Waals surface area contributed by atoms with Crippen molar-refractivity contribution >= 4 is 32.9 Å². The maximum atomic E-state index is 14.2. The van der Waals surface area contributed by atoms with Gasteiger partial charge in [-0.05, 0) is 42.3 Å². The third-order valence-electron chi connectivity index (χ3n) is 3.40. The molecule has 0 aliphatic rings. The van der Waals surface area contributed by atoms with Gasteiger partial charge in [0.15, 0.2) is 11.6 Å². The van der Waals surface area contributed by atoms with Crippen LogP contribution >= 0.6 is 15.9 Å². The van der Waals surface area contributed by atoms with E-state index in [0.717, 1.165) is 22.5 Å². The molecule has 6 heteroatoms. The third-order valence-corrected chi connectivity index (χ3v) is 3.89.